The summed E-state index contributed by atoms with van der Waals surface area (Å²) in [6.07, 6.45) is 3.71. The van der Waals surface area contributed by atoms with Crippen LogP contribution >= 0.6 is 0 Å². The van der Waals surface area contributed by atoms with Gasteiger partial charge in [-0.15, -0.1) is 0 Å². The Labute approximate surface area is 124 Å². The number of nitrogens with one attached hydrogen (secondary N) is 1. The molecule has 6 nitrogen and oxygen atoms in total. The zero-order chi connectivity index (χ0) is 15.2. The summed E-state index contributed by atoms with van der Waals surface area (Å²) in [5, 5.41) is 0. The van der Waals surface area contributed by atoms with Crippen LogP contribution in [0.15, 0.2) is 23.1 Å². The first-order valence-electron chi connectivity index (χ1n) is 7.57. The van der Waals surface area contributed by atoms with Crippen LogP contribution < -0.4 is 11.3 Å². The maximum atomic E-state index is 12.3. The SMILES string of the molecule is CCCC(CN)N1CCN(C(=O)c2ccc(=O)[nH]c2)CC1. The van der Waals surface area contributed by atoms with Crippen LogP contribution in [0, 0.1) is 0 Å². The number of carbonyl (C=O) groups is 1. The van der Waals surface area contributed by atoms with Crippen LogP contribution in [0.5, 0.6) is 0 Å². The smallest absolute Gasteiger partial charge is 0.255 e. The molecule has 2 heterocycles. The van der Waals surface area contributed by atoms with Crippen LogP contribution in [-0.4, -0.2) is 59.5 Å². The number of nitrogens with two attached hydrogens (primary N) is 1. The fourth-order valence-corrected chi connectivity index (χ4v) is 2.80. The lowest BCUT2D eigenvalue weighted by molar-refractivity contribution is 0.0566. The Kier molecular flexibility index (Phi) is 5.52. The van der Waals surface area contributed by atoms with Crippen LogP contribution in [0.4, 0.5) is 0 Å². The average Bonchev–Trinajstić information content (AvgIpc) is 2.53. The molecule has 6 heteroatoms. The highest BCUT2D eigenvalue weighted by molar-refractivity contribution is 5.93. The molecule has 0 radical (unpaired) electrons. The molecule has 0 aliphatic carbocycles. The van der Waals surface area contributed by atoms with Gasteiger partial charge in [0.2, 0.25) is 5.56 Å². The topological polar surface area (TPSA) is 82.4 Å². The maximum absolute atomic E-state index is 12.3. The van der Waals surface area contributed by atoms with Gasteiger partial charge in [-0.25, -0.2) is 0 Å². The predicted molar refractivity (Wildman–Crippen MR) is 82.3 cm³/mol. The summed E-state index contributed by atoms with van der Waals surface area (Å²) >= 11 is 0. The Morgan fingerprint density at radius 3 is 2.57 bits per heavy atom. The number of pyridine rings is 1. The normalized spacial score (nSPS) is 17.7. The molecule has 0 bridgehead atoms. The minimum atomic E-state index is -0.193. The van der Waals surface area contributed by atoms with Crippen molar-refractivity contribution in [3.05, 3.63) is 34.2 Å². The Balaban J connectivity index is 1.92. The van der Waals surface area contributed by atoms with Gasteiger partial charge < -0.3 is 15.6 Å². The standard InChI is InChI=1S/C15H24N4O2/c1-2-3-13(10-16)18-6-8-19(9-7-18)15(21)12-4-5-14(20)17-11-12/h4-5,11,13H,2-3,6-10,16H2,1H3,(H,17,20). The Morgan fingerprint density at radius 1 is 1.33 bits per heavy atom. The van der Waals surface area contributed by atoms with Gasteiger partial charge in [0.15, 0.2) is 0 Å². The molecule has 1 aromatic heterocycles. The summed E-state index contributed by atoms with van der Waals surface area (Å²) in [6, 6.07) is 3.38. The first-order chi connectivity index (χ1) is 10.2. The first kappa shape index (κ1) is 15.7. The number of hydrogen-bond donors (Lipinski definition) is 2. The summed E-state index contributed by atoms with van der Waals surface area (Å²) in [6.45, 7) is 5.96. The van der Waals surface area contributed by atoms with E-state index in [0.717, 1.165) is 25.9 Å². The number of aromatic amines is 1. The first-order valence-corrected chi connectivity index (χ1v) is 7.57. The lowest BCUT2D eigenvalue weighted by atomic mass is 10.1. The van der Waals surface area contributed by atoms with Gasteiger partial charge in [0.25, 0.3) is 5.91 Å². The second-order valence-electron chi connectivity index (χ2n) is 5.45. The molecule has 1 atom stereocenters. The number of piperazine rings is 1. The van der Waals surface area contributed by atoms with E-state index in [0.29, 0.717) is 31.2 Å². The number of nitrogens with zero attached hydrogens (tertiary/aromatic N) is 2. The molecule has 1 saturated heterocycles. The molecule has 0 saturated carbocycles. The third-order valence-corrected chi connectivity index (χ3v) is 4.04. The lowest BCUT2D eigenvalue weighted by Crippen LogP contribution is -2.53. The van der Waals surface area contributed by atoms with Crippen molar-refractivity contribution in [2.75, 3.05) is 32.7 Å². The zero-order valence-corrected chi connectivity index (χ0v) is 12.5. The molecule has 1 unspecified atom stereocenters. The van der Waals surface area contributed by atoms with Crippen LogP contribution in [0.1, 0.15) is 30.1 Å². The van der Waals surface area contributed by atoms with E-state index in [1.165, 1.54) is 12.3 Å². The quantitative estimate of drug-likeness (QED) is 0.815. The van der Waals surface area contributed by atoms with Crippen molar-refractivity contribution >= 4 is 5.91 Å². The van der Waals surface area contributed by atoms with E-state index in [1.807, 2.05) is 4.90 Å². The predicted octanol–water partition coefficient (Wildman–Crippen LogP) is 0.260. The summed E-state index contributed by atoms with van der Waals surface area (Å²) in [5.74, 6) is -0.0225. The number of H-pyrrole nitrogens is 1. The third-order valence-electron chi connectivity index (χ3n) is 4.04. The van der Waals surface area contributed by atoms with Gasteiger partial charge in [-0.2, -0.15) is 0 Å². The van der Waals surface area contributed by atoms with E-state index in [-0.39, 0.29) is 11.5 Å². The fourth-order valence-electron chi connectivity index (χ4n) is 2.80. The van der Waals surface area contributed by atoms with Crippen molar-refractivity contribution < 1.29 is 4.79 Å². The Bertz CT molecular complexity index is 500. The lowest BCUT2D eigenvalue weighted by Gasteiger charge is -2.39. The van der Waals surface area contributed by atoms with Crippen molar-refractivity contribution in [1.82, 2.24) is 14.8 Å². The van der Waals surface area contributed by atoms with Gasteiger partial charge in [0.1, 0.15) is 0 Å². The largest absolute Gasteiger partial charge is 0.336 e. The molecule has 1 fully saturated rings. The molecule has 0 spiro atoms. The molecule has 0 aromatic carbocycles. The molecule has 1 aliphatic rings. The molecule has 1 aliphatic heterocycles. The average molecular weight is 292 g/mol. The van der Waals surface area contributed by atoms with E-state index >= 15 is 0 Å². The van der Waals surface area contributed by atoms with Gasteiger partial charge in [0.05, 0.1) is 5.56 Å². The number of hydrogen-bond acceptors (Lipinski definition) is 4. The third kappa shape index (κ3) is 3.92. The van der Waals surface area contributed by atoms with E-state index < -0.39 is 0 Å². The second-order valence-corrected chi connectivity index (χ2v) is 5.45. The molecule has 21 heavy (non-hydrogen) atoms. The number of carbonyl (C=O) groups excluding carboxylic acids is 1. The molecule has 2 rings (SSSR count). The van der Waals surface area contributed by atoms with E-state index in [4.69, 9.17) is 5.73 Å². The highest BCUT2D eigenvalue weighted by Crippen LogP contribution is 2.12. The van der Waals surface area contributed by atoms with Gasteiger partial charge in [-0.3, -0.25) is 14.5 Å². The minimum Gasteiger partial charge on any atom is -0.336 e. The second kappa shape index (κ2) is 7.38. The summed E-state index contributed by atoms with van der Waals surface area (Å²) in [7, 11) is 0. The van der Waals surface area contributed by atoms with E-state index in [9.17, 15) is 9.59 Å². The summed E-state index contributed by atoms with van der Waals surface area (Å²) in [5.41, 5.74) is 6.17. The highest BCUT2D eigenvalue weighted by atomic mass is 16.2. The number of amides is 1. The molecular formula is C15H24N4O2. The maximum Gasteiger partial charge on any atom is 0.255 e. The van der Waals surface area contributed by atoms with Gasteiger partial charge in [-0.1, -0.05) is 13.3 Å². The molecule has 1 amide bonds. The minimum absolute atomic E-state index is 0.0225. The van der Waals surface area contributed by atoms with Crippen molar-refractivity contribution in [2.24, 2.45) is 5.73 Å². The van der Waals surface area contributed by atoms with E-state index in [2.05, 4.69) is 16.8 Å². The van der Waals surface area contributed by atoms with Crippen molar-refractivity contribution in [3.8, 4) is 0 Å². The summed E-state index contributed by atoms with van der Waals surface area (Å²) in [4.78, 5) is 30.1. The number of aromatic nitrogens is 1. The van der Waals surface area contributed by atoms with Crippen LogP contribution in [0.3, 0.4) is 0 Å². The summed E-state index contributed by atoms with van der Waals surface area (Å²) < 4.78 is 0. The van der Waals surface area contributed by atoms with Crippen LogP contribution in [-0.2, 0) is 0 Å². The van der Waals surface area contributed by atoms with Gasteiger partial charge in [-0.05, 0) is 12.5 Å². The molecule has 3 N–H and O–H groups in total. The van der Waals surface area contributed by atoms with Crippen LogP contribution in [0.2, 0.25) is 0 Å². The van der Waals surface area contributed by atoms with Gasteiger partial charge in [0, 0.05) is 51.0 Å². The fraction of sp³-hybridized carbons (Fsp3) is 0.600. The monoisotopic (exact) mass is 292 g/mol. The van der Waals surface area contributed by atoms with E-state index in [1.54, 1.807) is 6.07 Å². The van der Waals surface area contributed by atoms with Crippen LogP contribution in [0.25, 0.3) is 0 Å². The zero-order valence-electron chi connectivity index (χ0n) is 12.5. The van der Waals surface area contributed by atoms with Gasteiger partial charge >= 0.3 is 0 Å². The number of rotatable bonds is 5. The highest BCUT2D eigenvalue weighted by Gasteiger charge is 2.25. The van der Waals surface area contributed by atoms with Crippen molar-refractivity contribution in [2.45, 2.75) is 25.8 Å². The van der Waals surface area contributed by atoms with Crippen molar-refractivity contribution in [1.29, 1.82) is 0 Å². The molecular weight excluding hydrogens is 268 g/mol. The Morgan fingerprint density at radius 2 is 2.05 bits per heavy atom. The Hall–Kier alpha value is -1.66. The van der Waals surface area contributed by atoms with Crippen molar-refractivity contribution in [3.63, 3.8) is 0 Å². The molecule has 116 valence electrons. The molecule has 1 aromatic rings.